The number of hydrogen-bond donors (Lipinski definition) is 1. The maximum absolute atomic E-state index is 12.8. The minimum absolute atomic E-state index is 0.0487. The topological polar surface area (TPSA) is 50.8 Å². The van der Waals surface area contributed by atoms with Gasteiger partial charge in [0.1, 0.15) is 0 Å². The third-order valence-electron chi connectivity index (χ3n) is 4.30. The van der Waals surface area contributed by atoms with Gasteiger partial charge >= 0.3 is 6.61 Å². The number of benzene rings is 3. The number of nitrogens with zero attached hydrogens (tertiary/aromatic N) is 1. The molecule has 0 aliphatic carbocycles. The predicted octanol–water partition coefficient (Wildman–Crippen LogP) is 5.32. The molecule has 3 aromatic carbocycles. The summed E-state index contributed by atoms with van der Waals surface area (Å²) in [4.78, 5) is 14.7. The fourth-order valence-corrected chi connectivity index (χ4v) is 2.86. The van der Waals surface area contributed by atoms with Crippen molar-refractivity contribution in [3.63, 3.8) is 0 Å². The smallest absolute Gasteiger partial charge is 0.387 e. The molecule has 1 amide bonds. The van der Waals surface area contributed by atoms with E-state index in [1.807, 2.05) is 60.5 Å². The van der Waals surface area contributed by atoms with Crippen LogP contribution in [-0.4, -0.2) is 26.7 Å². The first-order chi connectivity index (χ1) is 14.0. The van der Waals surface area contributed by atoms with E-state index in [0.29, 0.717) is 5.69 Å². The molecular weight excluding hydrogens is 378 g/mol. The highest BCUT2D eigenvalue weighted by Crippen LogP contribution is 2.32. The van der Waals surface area contributed by atoms with E-state index in [1.54, 1.807) is 6.07 Å². The molecule has 3 rings (SSSR count). The van der Waals surface area contributed by atoms with Crippen LogP contribution in [0.15, 0.2) is 72.8 Å². The lowest BCUT2D eigenvalue weighted by molar-refractivity contribution is -0.0512. The molecule has 0 saturated carbocycles. The lowest BCUT2D eigenvalue weighted by Crippen LogP contribution is -2.17. The van der Waals surface area contributed by atoms with Crippen LogP contribution >= 0.6 is 0 Å². The summed E-state index contributed by atoms with van der Waals surface area (Å²) in [5.74, 6) is -0.489. The number of anilines is 3. The first-order valence-corrected chi connectivity index (χ1v) is 8.81. The molecule has 5 nitrogen and oxygen atoms in total. The van der Waals surface area contributed by atoms with Crippen LogP contribution in [0, 0.1) is 0 Å². The van der Waals surface area contributed by atoms with Crippen LogP contribution < -0.4 is 19.7 Å². The van der Waals surface area contributed by atoms with Crippen molar-refractivity contribution in [2.45, 2.75) is 6.61 Å². The van der Waals surface area contributed by atoms with Crippen LogP contribution in [0.2, 0.25) is 0 Å². The van der Waals surface area contributed by atoms with Gasteiger partial charge in [0.15, 0.2) is 11.5 Å². The molecule has 150 valence electrons. The quantitative estimate of drug-likeness (QED) is 0.586. The second kappa shape index (κ2) is 9.05. The number of nitrogens with one attached hydrogen (secondary N) is 1. The van der Waals surface area contributed by atoms with Crippen LogP contribution in [0.5, 0.6) is 11.5 Å². The number of alkyl halides is 2. The zero-order chi connectivity index (χ0) is 20.8. The Labute approximate surface area is 167 Å². The Morgan fingerprint density at radius 2 is 1.66 bits per heavy atom. The second-order valence-corrected chi connectivity index (χ2v) is 6.11. The van der Waals surface area contributed by atoms with E-state index < -0.39 is 12.5 Å². The van der Waals surface area contributed by atoms with Gasteiger partial charge in [-0.05, 0) is 42.5 Å². The molecule has 3 aromatic rings. The Balaban J connectivity index is 1.85. The standard InChI is InChI=1S/C22H20F2N2O3/c1-26(16-8-4-3-5-9-16)18-11-7-6-10-17(18)25-21(27)15-12-13-19(29-22(23)24)20(14-15)28-2/h3-14,22H,1-2H3,(H,25,27). The number of carbonyl (C=O) groups is 1. The highest BCUT2D eigenvalue weighted by atomic mass is 19.3. The lowest BCUT2D eigenvalue weighted by Gasteiger charge is -2.23. The van der Waals surface area contributed by atoms with Gasteiger partial charge in [-0.2, -0.15) is 8.78 Å². The molecule has 0 aromatic heterocycles. The lowest BCUT2D eigenvalue weighted by atomic mass is 10.1. The summed E-state index contributed by atoms with van der Waals surface area (Å²) in [6.45, 7) is -2.98. The zero-order valence-corrected chi connectivity index (χ0v) is 15.9. The van der Waals surface area contributed by atoms with E-state index in [-0.39, 0.29) is 17.1 Å². The van der Waals surface area contributed by atoms with Crippen molar-refractivity contribution in [2.75, 3.05) is 24.4 Å². The molecule has 29 heavy (non-hydrogen) atoms. The molecule has 0 bridgehead atoms. The van der Waals surface area contributed by atoms with E-state index in [2.05, 4.69) is 10.1 Å². The van der Waals surface area contributed by atoms with Gasteiger partial charge in [0.25, 0.3) is 5.91 Å². The van der Waals surface area contributed by atoms with E-state index in [0.717, 1.165) is 11.4 Å². The van der Waals surface area contributed by atoms with Gasteiger partial charge in [-0.3, -0.25) is 4.79 Å². The van der Waals surface area contributed by atoms with Crippen molar-refractivity contribution in [1.29, 1.82) is 0 Å². The first-order valence-electron chi connectivity index (χ1n) is 8.81. The van der Waals surface area contributed by atoms with Gasteiger partial charge in [0.05, 0.1) is 18.5 Å². The molecule has 0 fully saturated rings. The van der Waals surface area contributed by atoms with E-state index in [1.165, 1.54) is 25.3 Å². The van der Waals surface area contributed by atoms with Crippen molar-refractivity contribution >= 4 is 23.0 Å². The van der Waals surface area contributed by atoms with Gasteiger partial charge in [0, 0.05) is 18.3 Å². The zero-order valence-electron chi connectivity index (χ0n) is 15.9. The average molecular weight is 398 g/mol. The largest absolute Gasteiger partial charge is 0.493 e. The molecule has 0 atom stereocenters. The summed E-state index contributed by atoms with van der Waals surface area (Å²) in [5, 5.41) is 2.86. The summed E-state index contributed by atoms with van der Waals surface area (Å²) < 4.78 is 34.4. The first kappa shape index (κ1) is 20.1. The van der Waals surface area contributed by atoms with Crippen molar-refractivity contribution in [1.82, 2.24) is 0 Å². The summed E-state index contributed by atoms with van der Waals surface area (Å²) in [6.07, 6.45) is 0. The Kier molecular flexibility index (Phi) is 6.29. The number of halogens is 2. The third-order valence-corrected chi connectivity index (χ3v) is 4.30. The average Bonchev–Trinajstić information content (AvgIpc) is 2.74. The Morgan fingerprint density at radius 3 is 2.34 bits per heavy atom. The third kappa shape index (κ3) is 4.82. The fraction of sp³-hybridized carbons (Fsp3) is 0.136. The van der Waals surface area contributed by atoms with Gasteiger partial charge in [-0.25, -0.2) is 0 Å². The number of methoxy groups -OCH3 is 1. The highest BCUT2D eigenvalue weighted by Gasteiger charge is 2.16. The predicted molar refractivity (Wildman–Crippen MR) is 109 cm³/mol. The van der Waals surface area contributed by atoms with Crippen molar-refractivity contribution in [3.05, 3.63) is 78.4 Å². The molecule has 0 aliphatic heterocycles. The number of amides is 1. The number of para-hydroxylation sites is 3. The van der Waals surface area contributed by atoms with Crippen LogP contribution in [0.1, 0.15) is 10.4 Å². The molecule has 7 heteroatoms. The molecule has 0 aliphatic rings. The fourth-order valence-electron chi connectivity index (χ4n) is 2.86. The minimum Gasteiger partial charge on any atom is -0.493 e. The molecule has 1 N–H and O–H groups in total. The molecule has 0 saturated heterocycles. The van der Waals surface area contributed by atoms with E-state index in [4.69, 9.17) is 4.74 Å². The highest BCUT2D eigenvalue weighted by molar-refractivity contribution is 6.06. The minimum atomic E-state index is -2.98. The summed E-state index contributed by atoms with van der Waals surface area (Å²) in [6, 6.07) is 21.1. The number of carbonyl (C=O) groups excluding carboxylic acids is 1. The van der Waals surface area contributed by atoms with Crippen LogP contribution in [0.4, 0.5) is 25.8 Å². The normalized spacial score (nSPS) is 10.5. The second-order valence-electron chi connectivity index (χ2n) is 6.11. The summed E-state index contributed by atoms with van der Waals surface area (Å²) >= 11 is 0. The summed E-state index contributed by atoms with van der Waals surface area (Å²) in [7, 11) is 3.22. The van der Waals surface area contributed by atoms with Gasteiger partial charge < -0.3 is 19.7 Å². The van der Waals surface area contributed by atoms with E-state index in [9.17, 15) is 13.6 Å². The maximum atomic E-state index is 12.8. The van der Waals surface area contributed by atoms with Crippen molar-refractivity contribution in [3.8, 4) is 11.5 Å². The SMILES string of the molecule is COc1cc(C(=O)Nc2ccccc2N(C)c2ccccc2)ccc1OC(F)F. The van der Waals surface area contributed by atoms with Crippen LogP contribution in [0.25, 0.3) is 0 Å². The molecule has 0 radical (unpaired) electrons. The molecule has 0 unspecified atom stereocenters. The van der Waals surface area contributed by atoms with E-state index >= 15 is 0 Å². The molecular formula is C22H20F2N2O3. The van der Waals surface area contributed by atoms with Gasteiger partial charge in [0.2, 0.25) is 0 Å². The molecule has 0 spiro atoms. The maximum Gasteiger partial charge on any atom is 0.387 e. The van der Waals surface area contributed by atoms with Gasteiger partial charge in [-0.15, -0.1) is 0 Å². The van der Waals surface area contributed by atoms with Crippen molar-refractivity contribution < 1.29 is 23.0 Å². The Morgan fingerprint density at radius 1 is 0.966 bits per heavy atom. The van der Waals surface area contributed by atoms with Crippen LogP contribution in [0.3, 0.4) is 0 Å². The number of rotatable bonds is 7. The summed E-state index contributed by atoms with van der Waals surface area (Å²) in [5.41, 5.74) is 2.62. The van der Waals surface area contributed by atoms with Crippen LogP contribution in [-0.2, 0) is 0 Å². The number of ether oxygens (including phenoxy) is 2. The van der Waals surface area contributed by atoms with Gasteiger partial charge in [-0.1, -0.05) is 30.3 Å². The monoisotopic (exact) mass is 398 g/mol. The Bertz CT molecular complexity index is 981. The Hall–Kier alpha value is -3.61. The van der Waals surface area contributed by atoms with Crippen molar-refractivity contribution in [2.24, 2.45) is 0 Å². The molecule has 0 heterocycles. The number of hydrogen-bond acceptors (Lipinski definition) is 4.